The van der Waals surface area contributed by atoms with E-state index in [-0.39, 0.29) is 5.91 Å². The first-order chi connectivity index (χ1) is 10.8. The molecule has 0 spiro atoms. The predicted molar refractivity (Wildman–Crippen MR) is 87.7 cm³/mol. The number of rotatable bonds is 5. The quantitative estimate of drug-likeness (QED) is 0.922. The van der Waals surface area contributed by atoms with Crippen molar-refractivity contribution in [2.45, 2.75) is 25.8 Å². The van der Waals surface area contributed by atoms with Gasteiger partial charge in [-0.1, -0.05) is 18.2 Å². The van der Waals surface area contributed by atoms with Gasteiger partial charge < -0.3 is 10.2 Å². The van der Waals surface area contributed by atoms with E-state index < -0.39 is 0 Å². The molecule has 0 bridgehead atoms. The second-order valence-electron chi connectivity index (χ2n) is 5.68. The van der Waals surface area contributed by atoms with E-state index >= 15 is 0 Å². The molecule has 0 unspecified atom stereocenters. The lowest BCUT2D eigenvalue weighted by atomic mass is 10.1. The molecule has 0 aliphatic carbocycles. The highest BCUT2D eigenvalue weighted by Gasteiger charge is 2.12. The van der Waals surface area contributed by atoms with E-state index in [0.717, 1.165) is 24.2 Å². The van der Waals surface area contributed by atoms with E-state index in [2.05, 4.69) is 39.5 Å². The third-order valence-electron chi connectivity index (χ3n) is 3.98. The van der Waals surface area contributed by atoms with E-state index in [1.165, 1.54) is 18.5 Å². The van der Waals surface area contributed by atoms with E-state index in [9.17, 15) is 4.79 Å². The molecule has 1 fully saturated rings. The van der Waals surface area contributed by atoms with Crippen molar-refractivity contribution in [3.05, 3.63) is 59.9 Å². The van der Waals surface area contributed by atoms with Crippen molar-refractivity contribution in [1.82, 2.24) is 10.3 Å². The first-order valence-electron chi connectivity index (χ1n) is 7.81. The van der Waals surface area contributed by atoms with Crippen LogP contribution in [0.2, 0.25) is 0 Å². The fraction of sp³-hybridized carbons (Fsp3) is 0.333. The Morgan fingerprint density at radius 1 is 1.09 bits per heavy atom. The van der Waals surface area contributed by atoms with Gasteiger partial charge in [0.15, 0.2) is 0 Å². The number of pyridine rings is 1. The molecular formula is C18H21N3O. The van der Waals surface area contributed by atoms with Crippen molar-refractivity contribution in [2.24, 2.45) is 0 Å². The fourth-order valence-electron chi connectivity index (χ4n) is 2.75. The molecule has 0 radical (unpaired) electrons. The molecular weight excluding hydrogens is 274 g/mol. The normalized spacial score (nSPS) is 14.1. The van der Waals surface area contributed by atoms with Crippen LogP contribution in [0.15, 0.2) is 48.8 Å². The Morgan fingerprint density at radius 2 is 1.86 bits per heavy atom. The molecule has 1 saturated heterocycles. The highest BCUT2D eigenvalue weighted by molar-refractivity contribution is 5.78. The maximum absolute atomic E-state index is 12.0. The third kappa shape index (κ3) is 3.85. The van der Waals surface area contributed by atoms with Gasteiger partial charge in [-0.3, -0.25) is 9.78 Å². The smallest absolute Gasteiger partial charge is 0.224 e. The van der Waals surface area contributed by atoms with Gasteiger partial charge in [-0.2, -0.15) is 0 Å². The Hall–Kier alpha value is -2.36. The van der Waals surface area contributed by atoms with Crippen LogP contribution >= 0.6 is 0 Å². The lowest BCUT2D eigenvalue weighted by Crippen LogP contribution is -2.24. The minimum atomic E-state index is 0.0396. The maximum Gasteiger partial charge on any atom is 0.224 e. The zero-order valence-electron chi connectivity index (χ0n) is 12.7. The Balaban J connectivity index is 1.50. The predicted octanol–water partition coefficient (Wildman–Crippen LogP) is 2.54. The highest BCUT2D eigenvalue weighted by Crippen LogP contribution is 2.20. The second kappa shape index (κ2) is 7.07. The number of hydrogen-bond donors (Lipinski definition) is 1. The third-order valence-corrected chi connectivity index (χ3v) is 3.98. The zero-order chi connectivity index (χ0) is 15.2. The summed E-state index contributed by atoms with van der Waals surface area (Å²) in [5.74, 6) is 0.0396. The van der Waals surface area contributed by atoms with Crippen LogP contribution in [-0.2, 0) is 17.8 Å². The van der Waals surface area contributed by atoms with Gasteiger partial charge in [-0.25, -0.2) is 0 Å². The maximum atomic E-state index is 12.0. The largest absolute Gasteiger partial charge is 0.372 e. The van der Waals surface area contributed by atoms with Crippen LogP contribution in [0.4, 0.5) is 5.69 Å². The minimum absolute atomic E-state index is 0.0396. The molecule has 2 aromatic rings. The van der Waals surface area contributed by atoms with Crippen LogP contribution in [0.5, 0.6) is 0 Å². The zero-order valence-corrected chi connectivity index (χ0v) is 12.7. The Morgan fingerprint density at radius 3 is 2.55 bits per heavy atom. The number of carbonyl (C=O) groups excluding carboxylic acids is 1. The lowest BCUT2D eigenvalue weighted by Gasteiger charge is -2.17. The van der Waals surface area contributed by atoms with Crippen molar-refractivity contribution in [3.8, 4) is 0 Å². The van der Waals surface area contributed by atoms with Gasteiger partial charge in [0.25, 0.3) is 0 Å². The van der Waals surface area contributed by atoms with Gasteiger partial charge in [0.2, 0.25) is 5.91 Å². The van der Waals surface area contributed by atoms with Crippen molar-refractivity contribution in [1.29, 1.82) is 0 Å². The fourth-order valence-corrected chi connectivity index (χ4v) is 2.75. The Bertz CT molecular complexity index is 604. The summed E-state index contributed by atoms with van der Waals surface area (Å²) >= 11 is 0. The number of hydrogen-bond acceptors (Lipinski definition) is 3. The summed E-state index contributed by atoms with van der Waals surface area (Å²) in [4.78, 5) is 18.4. The number of nitrogens with one attached hydrogen (secondary N) is 1. The lowest BCUT2D eigenvalue weighted by molar-refractivity contribution is -0.120. The van der Waals surface area contributed by atoms with E-state index in [0.29, 0.717) is 13.0 Å². The van der Waals surface area contributed by atoms with Crippen LogP contribution in [0.3, 0.4) is 0 Å². The van der Waals surface area contributed by atoms with Gasteiger partial charge in [0.05, 0.1) is 6.42 Å². The number of nitrogens with zero attached hydrogens (tertiary/aromatic N) is 2. The SMILES string of the molecule is O=C(Cc1ccc(N2CCCC2)cc1)NCc1cccnc1. The van der Waals surface area contributed by atoms with Crippen molar-refractivity contribution < 1.29 is 4.79 Å². The number of aromatic nitrogens is 1. The average Bonchev–Trinajstić information content (AvgIpc) is 3.09. The van der Waals surface area contributed by atoms with Crippen LogP contribution in [-0.4, -0.2) is 24.0 Å². The van der Waals surface area contributed by atoms with Crippen molar-refractivity contribution >= 4 is 11.6 Å². The summed E-state index contributed by atoms with van der Waals surface area (Å²) in [6, 6.07) is 12.2. The summed E-state index contributed by atoms with van der Waals surface area (Å²) < 4.78 is 0. The summed E-state index contributed by atoms with van der Waals surface area (Å²) in [6.45, 7) is 2.81. The van der Waals surface area contributed by atoms with Gasteiger partial charge in [-0.15, -0.1) is 0 Å². The van der Waals surface area contributed by atoms with Crippen molar-refractivity contribution in [2.75, 3.05) is 18.0 Å². The molecule has 1 aromatic heterocycles. The number of carbonyl (C=O) groups is 1. The van der Waals surface area contributed by atoms with Gasteiger partial charge in [-0.05, 0) is 42.2 Å². The van der Waals surface area contributed by atoms with Crippen molar-refractivity contribution in [3.63, 3.8) is 0 Å². The number of benzene rings is 1. The molecule has 22 heavy (non-hydrogen) atoms. The molecule has 1 aliphatic rings. The minimum Gasteiger partial charge on any atom is -0.372 e. The first-order valence-corrected chi connectivity index (χ1v) is 7.81. The van der Waals surface area contributed by atoms with E-state index in [4.69, 9.17) is 0 Å². The second-order valence-corrected chi connectivity index (χ2v) is 5.68. The molecule has 1 amide bonds. The van der Waals surface area contributed by atoms with Crippen LogP contribution in [0, 0.1) is 0 Å². The Labute approximate surface area is 131 Å². The van der Waals surface area contributed by atoms with E-state index in [1.807, 2.05) is 12.1 Å². The van der Waals surface area contributed by atoms with Gasteiger partial charge in [0, 0.05) is 37.7 Å². The molecule has 0 saturated carbocycles. The van der Waals surface area contributed by atoms with E-state index in [1.54, 1.807) is 12.4 Å². The molecule has 1 aromatic carbocycles. The topological polar surface area (TPSA) is 45.2 Å². The molecule has 2 heterocycles. The number of amides is 1. The summed E-state index contributed by atoms with van der Waals surface area (Å²) in [7, 11) is 0. The average molecular weight is 295 g/mol. The van der Waals surface area contributed by atoms with Gasteiger partial charge >= 0.3 is 0 Å². The van der Waals surface area contributed by atoms with Crippen LogP contribution in [0.25, 0.3) is 0 Å². The monoisotopic (exact) mass is 295 g/mol. The van der Waals surface area contributed by atoms with Crippen LogP contribution < -0.4 is 10.2 Å². The molecule has 0 atom stereocenters. The highest BCUT2D eigenvalue weighted by atomic mass is 16.1. The van der Waals surface area contributed by atoms with Gasteiger partial charge in [0.1, 0.15) is 0 Å². The molecule has 4 nitrogen and oxygen atoms in total. The first kappa shape index (κ1) is 14.6. The standard InChI is InChI=1S/C18H21N3O/c22-18(20-14-16-4-3-9-19-13-16)12-15-5-7-17(8-6-15)21-10-1-2-11-21/h3-9,13H,1-2,10-12,14H2,(H,20,22). The molecule has 1 aliphatic heterocycles. The van der Waals surface area contributed by atoms with Crippen LogP contribution in [0.1, 0.15) is 24.0 Å². The summed E-state index contributed by atoms with van der Waals surface area (Å²) in [5.41, 5.74) is 3.32. The number of anilines is 1. The molecule has 114 valence electrons. The molecule has 3 rings (SSSR count). The summed E-state index contributed by atoms with van der Waals surface area (Å²) in [5, 5.41) is 2.93. The molecule has 4 heteroatoms. The summed E-state index contributed by atoms with van der Waals surface area (Å²) in [6.07, 6.45) is 6.47. The molecule has 1 N–H and O–H groups in total. The Kier molecular flexibility index (Phi) is 4.68.